The van der Waals surface area contributed by atoms with Crippen molar-refractivity contribution in [2.75, 3.05) is 0 Å². The van der Waals surface area contributed by atoms with Crippen LogP contribution in [0.2, 0.25) is 0 Å². The molecule has 0 amide bonds. The lowest BCUT2D eigenvalue weighted by Crippen LogP contribution is -1.92. The average Bonchev–Trinajstić information content (AvgIpc) is 3.39. The lowest BCUT2D eigenvalue weighted by Gasteiger charge is -2.10. The first-order chi connectivity index (χ1) is 11.9. The van der Waals surface area contributed by atoms with E-state index < -0.39 is 0 Å². The first-order valence-electron chi connectivity index (χ1n) is 8.37. The summed E-state index contributed by atoms with van der Waals surface area (Å²) < 4.78 is 2.05. The minimum absolute atomic E-state index is 0.749. The summed E-state index contributed by atoms with van der Waals surface area (Å²) in [4.78, 5) is 9.01. The highest BCUT2D eigenvalue weighted by Gasteiger charge is 2.23. The van der Waals surface area contributed by atoms with Crippen LogP contribution < -0.4 is 0 Å². The van der Waals surface area contributed by atoms with Crippen LogP contribution in [0.15, 0.2) is 73.3 Å². The van der Waals surface area contributed by atoms with Crippen LogP contribution in [-0.2, 0) is 0 Å². The number of hydrogen-bond donors (Lipinski definition) is 0. The molecule has 0 aliphatic heterocycles. The zero-order chi connectivity index (χ0) is 15.9. The van der Waals surface area contributed by atoms with Gasteiger partial charge in [0.15, 0.2) is 0 Å². The van der Waals surface area contributed by atoms with Gasteiger partial charge in [-0.3, -0.25) is 4.98 Å². The predicted octanol–water partition coefficient (Wildman–Crippen LogP) is 4.94. The number of imidazole rings is 1. The number of benzene rings is 1. The van der Waals surface area contributed by atoms with Crippen molar-refractivity contribution in [3.05, 3.63) is 78.9 Å². The van der Waals surface area contributed by atoms with Crippen molar-refractivity contribution in [3.8, 4) is 22.4 Å². The Morgan fingerprint density at radius 3 is 2.75 bits per heavy atom. The summed E-state index contributed by atoms with van der Waals surface area (Å²) in [5, 5.41) is 0. The molecule has 3 nitrogen and oxygen atoms in total. The molecule has 5 rings (SSSR count). The molecule has 0 saturated heterocycles. The molecule has 0 atom stereocenters. The van der Waals surface area contributed by atoms with Crippen molar-refractivity contribution in [1.29, 1.82) is 0 Å². The molecule has 1 aliphatic rings. The molecule has 0 spiro atoms. The molecule has 0 N–H and O–H groups in total. The van der Waals surface area contributed by atoms with Crippen LogP contribution in [0.5, 0.6) is 0 Å². The van der Waals surface area contributed by atoms with Gasteiger partial charge in [-0.05, 0) is 48.6 Å². The van der Waals surface area contributed by atoms with Crippen LogP contribution in [-0.4, -0.2) is 14.4 Å². The van der Waals surface area contributed by atoms with Crippen molar-refractivity contribution in [1.82, 2.24) is 14.4 Å². The summed E-state index contributed by atoms with van der Waals surface area (Å²) in [5.41, 5.74) is 6.94. The Morgan fingerprint density at radius 2 is 1.83 bits per heavy atom. The molecule has 3 heterocycles. The van der Waals surface area contributed by atoms with Gasteiger partial charge in [-0.2, -0.15) is 0 Å². The van der Waals surface area contributed by atoms with E-state index in [1.54, 1.807) is 0 Å². The Morgan fingerprint density at radius 1 is 0.875 bits per heavy atom. The van der Waals surface area contributed by atoms with Gasteiger partial charge in [0.25, 0.3) is 0 Å². The van der Waals surface area contributed by atoms with Crippen LogP contribution in [0.25, 0.3) is 28.0 Å². The predicted molar refractivity (Wildman–Crippen MR) is 95.8 cm³/mol. The lowest BCUT2D eigenvalue weighted by molar-refractivity contribution is 1.13. The molecule has 24 heavy (non-hydrogen) atoms. The van der Waals surface area contributed by atoms with Crippen molar-refractivity contribution < 1.29 is 0 Å². The topological polar surface area (TPSA) is 30.2 Å². The van der Waals surface area contributed by atoms with E-state index in [1.807, 2.05) is 35.1 Å². The number of hydrogen-bond acceptors (Lipinski definition) is 2. The fourth-order valence-electron chi connectivity index (χ4n) is 3.30. The molecule has 116 valence electrons. The summed E-state index contributed by atoms with van der Waals surface area (Å²) in [6.07, 6.45) is 10.4. The summed E-state index contributed by atoms with van der Waals surface area (Å²) in [5.74, 6) is 0.749. The van der Waals surface area contributed by atoms with Crippen LogP contribution >= 0.6 is 0 Å². The van der Waals surface area contributed by atoms with E-state index in [0.717, 1.165) is 28.4 Å². The van der Waals surface area contributed by atoms with Crippen LogP contribution in [0.4, 0.5) is 0 Å². The van der Waals surface area contributed by atoms with Crippen molar-refractivity contribution in [2.24, 2.45) is 0 Å². The molecule has 0 bridgehead atoms. The maximum Gasteiger partial charge on any atom is 0.136 e. The quantitative estimate of drug-likeness (QED) is 0.536. The van der Waals surface area contributed by atoms with Gasteiger partial charge in [-0.25, -0.2) is 4.98 Å². The Hall–Kier alpha value is -2.94. The molecule has 0 unspecified atom stereocenters. The number of fused-ring (bicyclic) bond motifs is 1. The Labute approximate surface area is 140 Å². The van der Waals surface area contributed by atoms with E-state index in [2.05, 4.69) is 52.6 Å². The second-order valence-electron chi connectivity index (χ2n) is 6.41. The van der Waals surface area contributed by atoms with E-state index in [9.17, 15) is 0 Å². The van der Waals surface area contributed by atoms with E-state index in [-0.39, 0.29) is 0 Å². The maximum atomic E-state index is 4.69. The molecule has 1 fully saturated rings. The zero-order valence-corrected chi connectivity index (χ0v) is 13.3. The van der Waals surface area contributed by atoms with Crippen LogP contribution in [0.1, 0.15) is 24.3 Å². The molecule has 3 heteroatoms. The molecule has 1 aromatic carbocycles. The van der Waals surface area contributed by atoms with Crippen molar-refractivity contribution >= 4 is 5.65 Å². The summed E-state index contributed by atoms with van der Waals surface area (Å²) in [6.45, 7) is 0. The molecule has 4 aromatic rings. The first kappa shape index (κ1) is 13.5. The van der Waals surface area contributed by atoms with Crippen molar-refractivity contribution in [3.63, 3.8) is 0 Å². The fraction of sp³-hybridized carbons (Fsp3) is 0.143. The van der Waals surface area contributed by atoms with Gasteiger partial charge in [0.2, 0.25) is 0 Å². The minimum atomic E-state index is 0.749. The monoisotopic (exact) mass is 311 g/mol. The van der Waals surface area contributed by atoms with Crippen molar-refractivity contribution in [2.45, 2.75) is 18.8 Å². The Bertz CT molecular complexity index is 1030. The van der Waals surface area contributed by atoms with Gasteiger partial charge in [-0.1, -0.05) is 24.3 Å². The number of pyridine rings is 2. The third-order valence-electron chi connectivity index (χ3n) is 4.72. The van der Waals surface area contributed by atoms with Gasteiger partial charge in [0, 0.05) is 41.5 Å². The SMILES string of the molecule is c1cc(-c2ncccc2-c2ccc3nccn3c2)cc(C2CC2)c1. The highest BCUT2D eigenvalue weighted by molar-refractivity contribution is 5.81. The maximum absolute atomic E-state index is 4.69. The van der Waals surface area contributed by atoms with Gasteiger partial charge in [0.05, 0.1) is 5.69 Å². The van der Waals surface area contributed by atoms with Gasteiger partial charge in [0.1, 0.15) is 5.65 Å². The molecular weight excluding hydrogens is 294 g/mol. The first-order valence-corrected chi connectivity index (χ1v) is 8.37. The number of nitrogens with zero attached hydrogens (tertiary/aromatic N) is 3. The minimum Gasteiger partial charge on any atom is -0.306 e. The number of aromatic nitrogens is 3. The second kappa shape index (κ2) is 5.31. The van der Waals surface area contributed by atoms with E-state index in [0.29, 0.717) is 0 Å². The molecule has 3 aromatic heterocycles. The van der Waals surface area contributed by atoms with Crippen LogP contribution in [0.3, 0.4) is 0 Å². The van der Waals surface area contributed by atoms with Gasteiger partial charge < -0.3 is 4.40 Å². The molecule has 1 aliphatic carbocycles. The molecule has 1 saturated carbocycles. The van der Waals surface area contributed by atoms with Gasteiger partial charge in [-0.15, -0.1) is 0 Å². The zero-order valence-electron chi connectivity index (χ0n) is 13.3. The van der Waals surface area contributed by atoms with Gasteiger partial charge >= 0.3 is 0 Å². The second-order valence-corrected chi connectivity index (χ2v) is 6.41. The van der Waals surface area contributed by atoms with Crippen LogP contribution in [0, 0.1) is 0 Å². The third-order valence-corrected chi connectivity index (χ3v) is 4.72. The highest BCUT2D eigenvalue weighted by Crippen LogP contribution is 2.41. The Kier molecular flexibility index (Phi) is 2.98. The fourth-order valence-corrected chi connectivity index (χ4v) is 3.30. The average molecular weight is 311 g/mol. The molecule has 0 radical (unpaired) electrons. The van der Waals surface area contributed by atoms with E-state index >= 15 is 0 Å². The standard InChI is InChI=1S/C21H17N3/c1-3-16(15-6-7-15)13-17(4-1)21-19(5-2-10-23-21)18-8-9-20-22-11-12-24(20)14-18/h1-5,8-15H,6-7H2. The summed E-state index contributed by atoms with van der Waals surface area (Å²) >= 11 is 0. The van der Waals surface area contributed by atoms with E-state index in [1.165, 1.54) is 24.0 Å². The van der Waals surface area contributed by atoms with E-state index in [4.69, 9.17) is 0 Å². The lowest BCUT2D eigenvalue weighted by atomic mass is 9.98. The molecular formula is C21H17N3. The Balaban J connectivity index is 1.66. The highest BCUT2D eigenvalue weighted by atomic mass is 15.0. The summed E-state index contributed by atoms with van der Waals surface area (Å²) in [6, 6.07) is 17.2. The third kappa shape index (κ3) is 2.29. The summed E-state index contributed by atoms with van der Waals surface area (Å²) in [7, 11) is 0. The smallest absolute Gasteiger partial charge is 0.136 e. The normalized spacial score (nSPS) is 14.2. The largest absolute Gasteiger partial charge is 0.306 e. The number of rotatable bonds is 3.